The van der Waals surface area contributed by atoms with Gasteiger partial charge in [0.25, 0.3) is 0 Å². The molecule has 1 aliphatic rings. The number of nitrogens with zero attached hydrogens (tertiary/aromatic N) is 1. The topological polar surface area (TPSA) is 24.9 Å². The Hall–Kier alpha value is -0.930. The van der Waals surface area contributed by atoms with Crippen LogP contribution in [-0.4, -0.2) is 18.1 Å². The summed E-state index contributed by atoms with van der Waals surface area (Å²) in [5.74, 6) is 1.61. The molecule has 1 aromatic carbocycles. The average Bonchev–Trinajstić information content (AvgIpc) is 2.81. The van der Waals surface area contributed by atoms with Gasteiger partial charge in [0.1, 0.15) is 0 Å². The van der Waals surface area contributed by atoms with Crippen molar-refractivity contribution in [2.75, 3.05) is 7.05 Å². The second kappa shape index (κ2) is 5.59. The Morgan fingerprint density at radius 3 is 2.95 bits per heavy atom. The summed E-state index contributed by atoms with van der Waals surface area (Å²) in [6.07, 6.45) is 5.14. The van der Waals surface area contributed by atoms with Crippen LogP contribution in [0.2, 0.25) is 0 Å². The number of hydrogen-bond donors (Lipinski definition) is 1. The Morgan fingerprint density at radius 1 is 1.32 bits per heavy atom. The van der Waals surface area contributed by atoms with Crippen molar-refractivity contribution in [2.24, 2.45) is 11.8 Å². The fourth-order valence-electron chi connectivity index (χ4n) is 3.34. The van der Waals surface area contributed by atoms with Gasteiger partial charge in [-0.15, -0.1) is 11.3 Å². The van der Waals surface area contributed by atoms with Crippen LogP contribution in [0.3, 0.4) is 0 Å². The molecule has 1 saturated carbocycles. The molecular weight excluding hydrogens is 252 g/mol. The Kier molecular flexibility index (Phi) is 3.85. The van der Waals surface area contributed by atoms with Gasteiger partial charge < -0.3 is 5.32 Å². The van der Waals surface area contributed by atoms with Crippen molar-refractivity contribution in [3.8, 4) is 0 Å². The third-order valence-corrected chi connectivity index (χ3v) is 5.45. The first kappa shape index (κ1) is 13.1. The van der Waals surface area contributed by atoms with Crippen LogP contribution in [0.1, 0.15) is 31.2 Å². The van der Waals surface area contributed by atoms with Crippen molar-refractivity contribution in [2.45, 2.75) is 38.6 Å². The maximum absolute atomic E-state index is 4.79. The van der Waals surface area contributed by atoms with Gasteiger partial charge in [0.05, 0.1) is 15.2 Å². The van der Waals surface area contributed by atoms with Crippen LogP contribution in [0.25, 0.3) is 10.2 Å². The van der Waals surface area contributed by atoms with E-state index in [9.17, 15) is 0 Å². The van der Waals surface area contributed by atoms with Gasteiger partial charge in [-0.05, 0) is 50.3 Å². The molecule has 0 amide bonds. The van der Waals surface area contributed by atoms with E-state index in [1.807, 2.05) is 11.3 Å². The van der Waals surface area contributed by atoms with Crippen molar-refractivity contribution in [3.63, 3.8) is 0 Å². The van der Waals surface area contributed by atoms with Crippen molar-refractivity contribution in [1.29, 1.82) is 0 Å². The van der Waals surface area contributed by atoms with E-state index in [1.54, 1.807) is 0 Å². The van der Waals surface area contributed by atoms with E-state index in [0.29, 0.717) is 6.04 Å². The van der Waals surface area contributed by atoms with Gasteiger partial charge in [0.2, 0.25) is 0 Å². The lowest BCUT2D eigenvalue weighted by Crippen LogP contribution is -2.39. The quantitative estimate of drug-likeness (QED) is 0.919. The van der Waals surface area contributed by atoms with Crippen molar-refractivity contribution >= 4 is 21.6 Å². The summed E-state index contributed by atoms with van der Waals surface area (Å²) in [6.45, 7) is 2.39. The van der Waals surface area contributed by atoms with Crippen LogP contribution in [0.15, 0.2) is 24.3 Å². The van der Waals surface area contributed by atoms with E-state index in [1.165, 1.54) is 29.0 Å². The smallest absolute Gasteiger partial charge is 0.0941 e. The molecule has 3 atom stereocenters. The Labute approximate surface area is 119 Å². The van der Waals surface area contributed by atoms with Gasteiger partial charge in [-0.1, -0.05) is 19.1 Å². The second-order valence-corrected chi connectivity index (χ2v) is 6.97. The molecular formula is C16H22N2S. The highest BCUT2D eigenvalue weighted by Crippen LogP contribution is 2.33. The van der Waals surface area contributed by atoms with Gasteiger partial charge in [-0.2, -0.15) is 0 Å². The number of fused-ring (bicyclic) bond motifs is 1. The lowest BCUT2D eigenvalue weighted by Gasteiger charge is -2.34. The second-order valence-electron chi connectivity index (χ2n) is 5.85. The molecule has 0 spiro atoms. The van der Waals surface area contributed by atoms with Crippen LogP contribution < -0.4 is 5.32 Å². The van der Waals surface area contributed by atoms with Crippen LogP contribution in [0.4, 0.5) is 0 Å². The first-order valence-corrected chi connectivity index (χ1v) is 8.09. The summed E-state index contributed by atoms with van der Waals surface area (Å²) in [7, 11) is 2.10. The van der Waals surface area contributed by atoms with Gasteiger partial charge in [0, 0.05) is 12.5 Å². The SMILES string of the molecule is CNC1CCC(C)CC1Cc1nc2ccccc2s1. The summed E-state index contributed by atoms with van der Waals surface area (Å²) >= 11 is 1.87. The lowest BCUT2D eigenvalue weighted by molar-refractivity contribution is 0.220. The summed E-state index contributed by atoms with van der Waals surface area (Å²) in [6, 6.07) is 9.14. The predicted octanol–water partition coefficient (Wildman–Crippen LogP) is 3.86. The molecule has 2 aromatic rings. The Balaban J connectivity index is 1.78. The molecule has 3 heteroatoms. The van der Waals surface area contributed by atoms with Crippen LogP contribution >= 0.6 is 11.3 Å². The highest BCUT2D eigenvalue weighted by molar-refractivity contribution is 7.18. The summed E-state index contributed by atoms with van der Waals surface area (Å²) in [4.78, 5) is 4.79. The fourth-order valence-corrected chi connectivity index (χ4v) is 4.40. The van der Waals surface area contributed by atoms with Crippen molar-refractivity contribution < 1.29 is 0 Å². The highest BCUT2D eigenvalue weighted by Gasteiger charge is 2.28. The number of aromatic nitrogens is 1. The molecule has 0 radical (unpaired) electrons. The number of rotatable bonds is 3. The Bertz CT molecular complexity index is 515. The average molecular weight is 274 g/mol. The van der Waals surface area contributed by atoms with Crippen LogP contribution in [-0.2, 0) is 6.42 Å². The number of hydrogen-bond acceptors (Lipinski definition) is 3. The summed E-state index contributed by atoms with van der Waals surface area (Å²) in [5.41, 5.74) is 1.16. The molecule has 0 bridgehead atoms. The Morgan fingerprint density at radius 2 is 2.16 bits per heavy atom. The highest BCUT2D eigenvalue weighted by atomic mass is 32.1. The summed E-state index contributed by atoms with van der Waals surface area (Å²) < 4.78 is 1.32. The minimum absolute atomic E-state index is 0.670. The zero-order chi connectivity index (χ0) is 13.2. The maximum atomic E-state index is 4.79. The predicted molar refractivity (Wildman–Crippen MR) is 82.7 cm³/mol. The van der Waals surface area contributed by atoms with E-state index in [0.717, 1.165) is 23.8 Å². The van der Waals surface area contributed by atoms with Crippen LogP contribution in [0, 0.1) is 11.8 Å². The molecule has 3 unspecified atom stereocenters. The van der Waals surface area contributed by atoms with E-state index < -0.39 is 0 Å². The van der Waals surface area contributed by atoms with E-state index in [4.69, 9.17) is 4.98 Å². The number of para-hydroxylation sites is 1. The third kappa shape index (κ3) is 2.82. The minimum atomic E-state index is 0.670. The first-order valence-electron chi connectivity index (χ1n) is 7.28. The zero-order valence-corrected chi connectivity index (χ0v) is 12.5. The van der Waals surface area contributed by atoms with Gasteiger partial charge >= 0.3 is 0 Å². The normalized spacial score (nSPS) is 27.8. The van der Waals surface area contributed by atoms with Crippen LogP contribution in [0.5, 0.6) is 0 Å². The molecule has 1 heterocycles. The van der Waals surface area contributed by atoms with E-state index >= 15 is 0 Å². The van der Waals surface area contributed by atoms with Gasteiger partial charge in [0.15, 0.2) is 0 Å². The molecule has 2 nitrogen and oxygen atoms in total. The molecule has 0 saturated heterocycles. The molecule has 1 aliphatic carbocycles. The minimum Gasteiger partial charge on any atom is -0.317 e. The molecule has 1 fully saturated rings. The van der Waals surface area contributed by atoms with Gasteiger partial charge in [-0.3, -0.25) is 0 Å². The first-order chi connectivity index (χ1) is 9.26. The molecule has 1 N–H and O–H groups in total. The zero-order valence-electron chi connectivity index (χ0n) is 11.7. The molecule has 19 heavy (non-hydrogen) atoms. The summed E-state index contributed by atoms with van der Waals surface area (Å²) in [5, 5.41) is 4.81. The molecule has 102 valence electrons. The third-order valence-electron chi connectivity index (χ3n) is 4.39. The lowest BCUT2D eigenvalue weighted by atomic mass is 9.77. The standard InChI is InChI=1S/C16H22N2S/c1-11-7-8-13(17-2)12(9-11)10-16-18-14-5-3-4-6-15(14)19-16/h3-6,11-13,17H,7-10H2,1-2H3. The monoisotopic (exact) mass is 274 g/mol. The van der Waals surface area contributed by atoms with E-state index in [2.05, 4.69) is 43.6 Å². The largest absolute Gasteiger partial charge is 0.317 e. The number of benzene rings is 1. The van der Waals surface area contributed by atoms with Gasteiger partial charge in [-0.25, -0.2) is 4.98 Å². The van der Waals surface area contributed by atoms with E-state index in [-0.39, 0.29) is 0 Å². The maximum Gasteiger partial charge on any atom is 0.0941 e. The molecule has 0 aliphatic heterocycles. The number of thiazole rings is 1. The molecule has 1 aromatic heterocycles. The number of nitrogens with one attached hydrogen (secondary N) is 1. The molecule has 3 rings (SSSR count). The van der Waals surface area contributed by atoms with Crippen molar-refractivity contribution in [1.82, 2.24) is 10.3 Å². The fraction of sp³-hybridized carbons (Fsp3) is 0.562. The van der Waals surface area contributed by atoms with Crippen molar-refractivity contribution in [3.05, 3.63) is 29.3 Å².